The van der Waals surface area contributed by atoms with E-state index in [1.807, 2.05) is 23.1 Å². The molecule has 0 spiro atoms. The van der Waals surface area contributed by atoms with Gasteiger partial charge in [0, 0.05) is 40.4 Å². The highest BCUT2D eigenvalue weighted by Crippen LogP contribution is 2.47. The average Bonchev–Trinajstić information content (AvgIpc) is 3.48. The Morgan fingerprint density at radius 2 is 1.34 bits per heavy atom. The van der Waals surface area contributed by atoms with Crippen LogP contribution in [0.15, 0.2) is 97.1 Å². The molecule has 1 heterocycles. The molecule has 0 atom stereocenters. The normalized spacial score (nSPS) is 13.2. The van der Waals surface area contributed by atoms with Gasteiger partial charge >= 0.3 is 0 Å². The highest BCUT2D eigenvalue weighted by atomic mass is 19.1. The first kappa shape index (κ1) is 25.9. The summed E-state index contributed by atoms with van der Waals surface area (Å²) in [4.78, 5) is 4.23. The van der Waals surface area contributed by atoms with Crippen molar-refractivity contribution in [1.82, 2.24) is 0 Å². The summed E-state index contributed by atoms with van der Waals surface area (Å²) < 4.78 is 30.0. The number of nitrogens with zero attached hydrogens (tertiary/aromatic N) is 4. The summed E-state index contributed by atoms with van der Waals surface area (Å²) in [6, 6.07) is 34.1. The minimum absolute atomic E-state index is 0.0637. The van der Waals surface area contributed by atoms with Crippen LogP contribution in [-0.4, -0.2) is 6.54 Å². The number of aryl methyl sites for hydroxylation is 2. The number of rotatable bonds is 4. The second kappa shape index (κ2) is 9.93. The molecule has 8 rings (SSSR count). The van der Waals surface area contributed by atoms with Crippen LogP contribution in [0.3, 0.4) is 0 Å². The molecule has 0 amide bonds. The van der Waals surface area contributed by atoms with Gasteiger partial charge in [0.2, 0.25) is 0 Å². The van der Waals surface area contributed by atoms with Gasteiger partial charge in [-0.2, -0.15) is 10.5 Å². The Labute approximate surface area is 253 Å². The lowest BCUT2D eigenvalue weighted by Gasteiger charge is -2.31. The summed E-state index contributed by atoms with van der Waals surface area (Å²) in [6.45, 7) is 0.918. The van der Waals surface area contributed by atoms with E-state index in [4.69, 9.17) is 0 Å². The Kier molecular flexibility index (Phi) is 5.86. The maximum Gasteiger partial charge on any atom is 0.143 e. The molecule has 0 unspecified atom stereocenters. The molecule has 6 heteroatoms. The average molecular weight is 575 g/mol. The molecule has 0 saturated heterocycles. The SMILES string of the molecule is N#Cc1ccc(N(c2ccc(C#N)c(F)c2)c2ccc3ccc4c(N5CCc6ccccc65)ccc5c4c3c2CC5)cc1F. The summed E-state index contributed by atoms with van der Waals surface area (Å²) >= 11 is 0. The lowest BCUT2D eigenvalue weighted by atomic mass is 9.84. The van der Waals surface area contributed by atoms with Gasteiger partial charge in [-0.15, -0.1) is 0 Å². The van der Waals surface area contributed by atoms with Gasteiger partial charge < -0.3 is 9.80 Å². The van der Waals surface area contributed by atoms with Crippen LogP contribution >= 0.6 is 0 Å². The Morgan fingerprint density at radius 3 is 2.05 bits per heavy atom. The minimum atomic E-state index is -0.651. The number of fused-ring (bicyclic) bond motifs is 1. The van der Waals surface area contributed by atoms with E-state index in [-0.39, 0.29) is 11.1 Å². The quantitative estimate of drug-likeness (QED) is 0.197. The van der Waals surface area contributed by atoms with Crippen molar-refractivity contribution in [2.24, 2.45) is 0 Å². The lowest BCUT2D eigenvalue weighted by Crippen LogP contribution is -2.16. The van der Waals surface area contributed by atoms with Gasteiger partial charge in [-0.25, -0.2) is 8.78 Å². The Morgan fingerprint density at radius 1 is 0.636 bits per heavy atom. The van der Waals surface area contributed by atoms with Crippen molar-refractivity contribution in [2.45, 2.75) is 19.3 Å². The van der Waals surface area contributed by atoms with Crippen LogP contribution in [0.1, 0.15) is 27.8 Å². The van der Waals surface area contributed by atoms with E-state index >= 15 is 8.78 Å². The molecule has 1 aliphatic carbocycles. The van der Waals surface area contributed by atoms with E-state index in [1.54, 1.807) is 12.1 Å². The summed E-state index contributed by atoms with van der Waals surface area (Å²) in [5.74, 6) is -1.30. The number of anilines is 5. The van der Waals surface area contributed by atoms with Gasteiger partial charge in [-0.05, 0) is 107 Å². The maximum atomic E-state index is 15.0. The molecule has 44 heavy (non-hydrogen) atoms. The van der Waals surface area contributed by atoms with E-state index in [2.05, 4.69) is 59.5 Å². The molecule has 2 aliphatic rings. The van der Waals surface area contributed by atoms with Gasteiger partial charge in [0.05, 0.1) is 11.1 Å². The molecule has 210 valence electrons. The zero-order chi connectivity index (χ0) is 29.9. The molecule has 0 radical (unpaired) electrons. The predicted molar refractivity (Wildman–Crippen MR) is 170 cm³/mol. The molecule has 4 nitrogen and oxygen atoms in total. The molecule has 0 bridgehead atoms. The highest BCUT2D eigenvalue weighted by molar-refractivity contribution is 6.17. The van der Waals surface area contributed by atoms with Crippen LogP contribution in [0.5, 0.6) is 0 Å². The number of para-hydroxylation sites is 1. The molecule has 6 aromatic rings. The summed E-state index contributed by atoms with van der Waals surface area (Å²) in [7, 11) is 0. The fourth-order valence-corrected chi connectivity index (χ4v) is 7.03. The van der Waals surface area contributed by atoms with Crippen LogP contribution < -0.4 is 9.80 Å². The summed E-state index contributed by atoms with van der Waals surface area (Å²) in [6.07, 6.45) is 2.58. The minimum Gasteiger partial charge on any atom is -0.340 e. The van der Waals surface area contributed by atoms with Gasteiger partial charge in [0.15, 0.2) is 0 Å². The van der Waals surface area contributed by atoms with Crippen molar-refractivity contribution in [3.05, 3.63) is 137 Å². The standard InChI is InChI=1S/C38H24F2N4/c39-32-19-28(11-5-26(32)21-41)44(29-12-6-27(22-42)33(40)20-29)36-16-10-25-7-13-30-35(43-18-17-23-3-1-2-4-34(23)43)15-9-24-8-14-31(36)38(25)37(24)30/h1-7,9-13,15-16,19-20H,8,14,17-18H2. The largest absolute Gasteiger partial charge is 0.340 e. The first-order chi connectivity index (χ1) is 21.6. The van der Waals surface area contributed by atoms with Crippen LogP contribution in [0.4, 0.5) is 37.2 Å². The molecule has 6 aromatic carbocycles. The van der Waals surface area contributed by atoms with Gasteiger partial charge in [0.25, 0.3) is 0 Å². The predicted octanol–water partition coefficient (Wildman–Crippen LogP) is 9.28. The van der Waals surface area contributed by atoms with Crippen LogP contribution in [0, 0.1) is 34.3 Å². The smallest absolute Gasteiger partial charge is 0.143 e. The van der Waals surface area contributed by atoms with Crippen molar-refractivity contribution < 1.29 is 8.78 Å². The summed E-state index contributed by atoms with van der Waals surface area (Å²) in [5.41, 5.74) is 7.74. The van der Waals surface area contributed by atoms with Crippen molar-refractivity contribution in [1.29, 1.82) is 10.5 Å². The zero-order valence-electron chi connectivity index (χ0n) is 23.6. The number of hydrogen-bond donors (Lipinski definition) is 0. The van der Waals surface area contributed by atoms with Crippen LogP contribution in [-0.2, 0) is 19.3 Å². The molecule has 0 N–H and O–H groups in total. The van der Waals surface area contributed by atoms with Crippen LogP contribution in [0.2, 0.25) is 0 Å². The molecule has 1 aliphatic heterocycles. The van der Waals surface area contributed by atoms with Crippen molar-refractivity contribution in [3.8, 4) is 12.1 Å². The third-order valence-electron chi connectivity index (χ3n) is 9.03. The lowest BCUT2D eigenvalue weighted by molar-refractivity contribution is 0.623. The molecular weight excluding hydrogens is 550 g/mol. The van der Waals surface area contributed by atoms with Gasteiger partial charge in [-0.3, -0.25) is 0 Å². The second-order valence-electron chi connectivity index (χ2n) is 11.3. The Bertz CT molecular complexity index is 2200. The van der Waals surface area contributed by atoms with E-state index in [0.29, 0.717) is 11.4 Å². The van der Waals surface area contributed by atoms with Crippen molar-refractivity contribution in [3.63, 3.8) is 0 Å². The monoisotopic (exact) mass is 574 g/mol. The number of nitriles is 2. The van der Waals surface area contributed by atoms with E-state index in [1.165, 1.54) is 57.5 Å². The second-order valence-corrected chi connectivity index (χ2v) is 11.3. The fraction of sp³-hybridized carbons (Fsp3) is 0.105. The third kappa shape index (κ3) is 3.85. The number of halogens is 2. The van der Waals surface area contributed by atoms with Gasteiger partial charge in [-0.1, -0.05) is 42.5 Å². The Hall–Kier alpha value is -5.72. The first-order valence-electron chi connectivity index (χ1n) is 14.6. The third-order valence-corrected chi connectivity index (χ3v) is 9.03. The van der Waals surface area contributed by atoms with Crippen molar-refractivity contribution in [2.75, 3.05) is 16.3 Å². The van der Waals surface area contributed by atoms with Gasteiger partial charge in [0.1, 0.15) is 23.8 Å². The topological polar surface area (TPSA) is 54.1 Å². The van der Waals surface area contributed by atoms with E-state index < -0.39 is 11.6 Å². The van der Waals surface area contributed by atoms with E-state index in [0.717, 1.165) is 47.8 Å². The summed E-state index contributed by atoms with van der Waals surface area (Å²) in [5, 5.41) is 23.3. The molecule has 0 fully saturated rings. The van der Waals surface area contributed by atoms with E-state index in [9.17, 15) is 10.5 Å². The molecular formula is C38H24F2N4. The Balaban J connectivity index is 1.38. The maximum absolute atomic E-state index is 15.0. The molecule has 0 aromatic heterocycles. The molecule has 0 saturated carbocycles. The number of hydrogen-bond acceptors (Lipinski definition) is 4. The fourth-order valence-electron chi connectivity index (χ4n) is 7.03. The van der Waals surface area contributed by atoms with Crippen LogP contribution in [0.25, 0.3) is 21.5 Å². The number of benzene rings is 6. The van der Waals surface area contributed by atoms with Crippen molar-refractivity contribution >= 4 is 50.0 Å². The zero-order valence-corrected chi connectivity index (χ0v) is 23.6. The highest BCUT2D eigenvalue weighted by Gasteiger charge is 2.27. The first-order valence-corrected chi connectivity index (χ1v) is 14.6.